The van der Waals surface area contributed by atoms with Gasteiger partial charge in [0.25, 0.3) is 0 Å². The highest BCUT2D eigenvalue weighted by Crippen LogP contribution is 2.15. The van der Waals surface area contributed by atoms with Gasteiger partial charge in [0.1, 0.15) is 5.76 Å². The molecule has 2 rings (SSSR count). The normalized spacial score (nSPS) is 12.6. The summed E-state index contributed by atoms with van der Waals surface area (Å²) in [4.78, 5) is 4.26. The molecule has 1 aromatic carbocycles. The number of oxazole rings is 1. The molecule has 1 unspecified atom stereocenters. The third-order valence-electron chi connectivity index (χ3n) is 2.37. The summed E-state index contributed by atoms with van der Waals surface area (Å²) < 4.78 is 6.70. The van der Waals surface area contributed by atoms with Crippen LogP contribution in [-0.4, -0.2) is 11.0 Å². The van der Waals surface area contributed by atoms with E-state index in [0.29, 0.717) is 6.42 Å². The lowest BCUT2D eigenvalue weighted by Gasteiger charge is -2.00. The number of rotatable bonds is 4. The topological polar surface area (TPSA) is 52.0 Å². The van der Waals surface area contributed by atoms with E-state index in [1.54, 1.807) is 6.20 Å². The second-order valence-electron chi connectivity index (χ2n) is 4.21. The summed E-state index contributed by atoms with van der Waals surface area (Å²) in [5.41, 5.74) is 6.89. The summed E-state index contributed by atoms with van der Waals surface area (Å²) in [6.45, 7) is 1.95. The lowest BCUT2D eigenvalue weighted by atomic mass is 10.1. The SMILES string of the molecule is CC(N)Cc1cnc(Cc2cccc(Br)c2)o1. The van der Waals surface area contributed by atoms with Crippen LogP contribution in [-0.2, 0) is 12.8 Å². The molecule has 0 aliphatic heterocycles. The summed E-state index contributed by atoms with van der Waals surface area (Å²) in [5.74, 6) is 1.59. The van der Waals surface area contributed by atoms with Crippen molar-refractivity contribution in [3.8, 4) is 0 Å². The molecule has 0 spiro atoms. The van der Waals surface area contributed by atoms with Crippen LogP contribution in [0.1, 0.15) is 24.1 Å². The van der Waals surface area contributed by atoms with Crippen LogP contribution in [0.3, 0.4) is 0 Å². The fraction of sp³-hybridized carbons (Fsp3) is 0.308. The number of halogens is 1. The first-order valence-corrected chi connectivity index (χ1v) is 6.36. The number of aromatic nitrogens is 1. The molecule has 0 fully saturated rings. The first kappa shape index (κ1) is 12.3. The van der Waals surface area contributed by atoms with Crippen molar-refractivity contribution in [3.05, 3.63) is 52.1 Å². The maximum Gasteiger partial charge on any atom is 0.198 e. The van der Waals surface area contributed by atoms with E-state index in [9.17, 15) is 0 Å². The smallest absolute Gasteiger partial charge is 0.198 e. The van der Waals surface area contributed by atoms with Crippen molar-refractivity contribution >= 4 is 15.9 Å². The summed E-state index contributed by atoms with van der Waals surface area (Å²) in [7, 11) is 0. The Hall–Kier alpha value is -1.13. The third kappa shape index (κ3) is 3.68. The summed E-state index contributed by atoms with van der Waals surface area (Å²) in [6.07, 6.45) is 3.19. The van der Waals surface area contributed by atoms with Gasteiger partial charge >= 0.3 is 0 Å². The first-order chi connectivity index (χ1) is 8.13. The molecule has 0 bridgehead atoms. The Balaban J connectivity index is 2.06. The van der Waals surface area contributed by atoms with Crippen LogP contribution in [0.25, 0.3) is 0 Å². The van der Waals surface area contributed by atoms with Gasteiger partial charge in [-0.3, -0.25) is 0 Å². The number of nitrogens with two attached hydrogens (primary N) is 1. The Labute approximate surface area is 109 Å². The quantitative estimate of drug-likeness (QED) is 0.943. The van der Waals surface area contributed by atoms with Gasteiger partial charge in [-0.2, -0.15) is 0 Å². The maximum absolute atomic E-state index is 5.71. The van der Waals surface area contributed by atoms with Gasteiger partial charge in [-0.05, 0) is 24.6 Å². The second kappa shape index (κ2) is 5.47. The molecular formula is C13H15BrN2O. The van der Waals surface area contributed by atoms with E-state index < -0.39 is 0 Å². The zero-order valence-corrected chi connectivity index (χ0v) is 11.3. The molecule has 4 heteroatoms. The highest BCUT2D eigenvalue weighted by atomic mass is 79.9. The monoisotopic (exact) mass is 294 g/mol. The molecule has 1 atom stereocenters. The van der Waals surface area contributed by atoms with Crippen molar-refractivity contribution in [2.45, 2.75) is 25.8 Å². The number of benzene rings is 1. The van der Waals surface area contributed by atoms with E-state index in [1.807, 2.05) is 19.1 Å². The Morgan fingerprint density at radius 1 is 1.47 bits per heavy atom. The Morgan fingerprint density at radius 2 is 2.29 bits per heavy atom. The Bertz CT molecular complexity index is 494. The molecule has 0 saturated heterocycles. The molecule has 1 heterocycles. The van der Waals surface area contributed by atoms with Gasteiger partial charge in [-0.1, -0.05) is 28.1 Å². The summed E-state index contributed by atoms with van der Waals surface area (Å²) in [6, 6.07) is 8.23. The largest absolute Gasteiger partial charge is 0.445 e. The minimum Gasteiger partial charge on any atom is -0.445 e. The molecule has 17 heavy (non-hydrogen) atoms. The van der Waals surface area contributed by atoms with Gasteiger partial charge < -0.3 is 10.2 Å². The van der Waals surface area contributed by atoms with E-state index in [4.69, 9.17) is 10.2 Å². The predicted octanol–water partition coefficient (Wildman–Crippen LogP) is 2.92. The second-order valence-corrected chi connectivity index (χ2v) is 5.12. The molecule has 0 aliphatic rings. The summed E-state index contributed by atoms with van der Waals surface area (Å²) in [5, 5.41) is 0. The van der Waals surface area contributed by atoms with Crippen LogP contribution in [0.4, 0.5) is 0 Å². The molecule has 2 N–H and O–H groups in total. The van der Waals surface area contributed by atoms with E-state index in [2.05, 4.69) is 33.0 Å². The molecule has 0 saturated carbocycles. The number of hydrogen-bond donors (Lipinski definition) is 1. The van der Waals surface area contributed by atoms with Crippen molar-refractivity contribution < 1.29 is 4.42 Å². The van der Waals surface area contributed by atoms with Crippen LogP contribution in [0, 0.1) is 0 Å². The maximum atomic E-state index is 5.71. The van der Waals surface area contributed by atoms with Crippen LogP contribution >= 0.6 is 15.9 Å². The zero-order chi connectivity index (χ0) is 12.3. The minimum absolute atomic E-state index is 0.0988. The van der Waals surface area contributed by atoms with Gasteiger partial charge in [-0.25, -0.2) is 4.98 Å². The molecule has 1 aromatic heterocycles. The molecule has 0 amide bonds. The zero-order valence-electron chi connectivity index (χ0n) is 9.69. The first-order valence-electron chi connectivity index (χ1n) is 5.57. The van der Waals surface area contributed by atoms with Crippen LogP contribution in [0.15, 0.2) is 39.4 Å². The number of hydrogen-bond acceptors (Lipinski definition) is 3. The van der Waals surface area contributed by atoms with Gasteiger partial charge in [0.15, 0.2) is 5.89 Å². The Kier molecular flexibility index (Phi) is 3.97. The van der Waals surface area contributed by atoms with Gasteiger partial charge in [0.2, 0.25) is 0 Å². The summed E-state index contributed by atoms with van der Waals surface area (Å²) >= 11 is 3.45. The average molecular weight is 295 g/mol. The molecule has 0 aliphatic carbocycles. The van der Waals surface area contributed by atoms with E-state index in [0.717, 1.165) is 22.5 Å². The van der Waals surface area contributed by atoms with Crippen molar-refractivity contribution in [2.75, 3.05) is 0 Å². The highest BCUT2D eigenvalue weighted by molar-refractivity contribution is 9.10. The van der Waals surface area contributed by atoms with Gasteiger partial charge in [0.05, 0.1) is 6.20 Å². The van der Waals surface area contributed by atoms with Crippen LogP contribution in [0.5, 0.6) is 0 Å². The van der Waals surface area contributed by atoms with E-state index in [1.165, 1.54) is 5.56 Å². The van der Waals surface area contributed by atoms with Crippen LogP contribution < -0.4 is 5.73 Å². The average Bonchev–Trinajstić information content (AvgIpc) is 2.64. The minimum atomic E-state index is 0.0988. The van der Waals surface area contributed by atoms with Crippen molar-refractivity contribution in [1.29, 1.82) is 0 Å². The van der Waals surface area contributed by atoms with Gasteiger partial charge in [-0.15, -0.1) is 0 Å². The fourth-order valence-electron chi connectivity index (χ4n) is 1.66. The van der Waals surface area contributed by atoms with Crippen molar-refractivity contribution in [1.82, 2.24) is 4.98 Å². The van der Waals surface area contributed by atoms with Crippen LogP contribution in [0.2, 0.25) is 0 Å². The lowest BCUT2D eigenvalue weighted by molar-refractivity contribution is 0.452. The Morgan fingerprint density at radius 3 is 3.00 bits per heavy atom. The van der Waals surface area contributed by atoms with Gasteiger partial charge in [0, 0.05) is 23.4 Å². The van der Waals surface area contributed by atoms with Crippen molar-refractivity contribution in [2.24, 2.45) is 5.73 Å². The molecule has 90 valence electrons. The predicted molar refractivity (Wildman–Crippen MR) is 70.8 cm³/mol. The molecule has 2 aromatic rings. The number of nitrogens with zero attached hydrogens (tertiary/aromatic N) is 1. The molecular weight excluding hydrogens is 280 g/mol. The highest BCUT2D eigenvalue weighted by Gasteiger charge is 2.07. The van der Waals surface area contributed by atoms with Crippen molar-refractivity contribution in [3.63, 3.8) is 0 Å². The molecule has 3 nitrogen and oxygen atoms in total. The lowest BCUT2D eigenvalue weighted by Crippen LogP contribution is -2.17. The van der Waals surface area contributed by atoms with E-state index >= 15 is 0 Å². The van der Waals surface area contributed by atoms with E-state index in [-0.39, 0.29) is 6.04 Å². The molecule has 0 radical (unpaired) electrons. The fourth-order valence-corrected chi connectivity index (χ4v) is 2.11. The standard InChI is InChI=1S/C13H15BrN2O/c1-9(15)5-12-8-16-13(17-12)7-10-3-2-4-11(14)6-10/h2-4,6,8-9H,5,7,15H2,1H3. The third-order valence-corrected chi connectivity index (χ3v) is 2.86.